The van der Waals surface area contributed by atoms with E-state index in [1.54, 1.807) is 84.7 Å². The fourth-order valence-electron chi connectivity index (χ4n) is 4.38. The van der Waals surface area contributed by atoms with Crippen LogP contribution in [0.5, 0.6) is 5.75 Å². The number of anilines is 1. The van der Waals surface area contributed by atoms with Gasteiger partial charge in [0.05, 0.1) is 42.6 Å². The number of aromatic nitrogens is 2. The zero-order valence-electron chi connectivity index (χ0n) is 23.2. The highest BCUT2D eigenvalue weighted by atomic mass is 32.2. The topological polar surface area (TPSA) is 115 Å². The van der Waals surface area contributed by atoms with Crippen LogP contribution in [0.3, 0.4) is 0 Å². The Morgan fingerprint density at radius 2 is 1.83 bits per heavy atom. The van der Waals surface area contributed by atoms with Gasteiger partial charge in [0, 0.05) is 17.3 Å². The van der Waals surface area contributed by atoms with Crippen molar-refractivity contribution in [2.24, 2.45) is 0 Å². The molecule has 0 fully saturated rings. The summed E-state index contributed by atoms with van der Waals surface area (Å²) in [6.45, 7) is 2.43. The first kappa shape index (κ1) is 28.7. The maximum atomic E-state index is 13.6. The SMILES string of the molecule is CC[C@@H](Sc1nc2ccccc2c(=O)n1Cc1ccc(C(=O)NCc2ccco2)cc1)C(=O)Nc1cccc(OC)c1. The van der Waals surface area contributed by atoms with Crippen LogP contribution in [0.15, 0.2) is 106 Å². The predicted molar refractivity (Wildman–Crippen MR) is 163 cm³/mol. The van der Waals surface area contributed by atoms with E-state index in [4.69, 9.17) is 14.1 Å². The van der Waals surface area contributed by atoms with E-state index < -0.39 is 5.25 Å². The molecule has 2 heterocycles. The smallest absolute Gasteiger partial charge is 0.262 e. The molecule has 1 atom stereocenters. The molecule has 42 heavy (non-hydrogen) atoms. The molecule has 9 nitrogen and oxygen atoms in total. The van der Waals surface area contributed by atoms with Crippen molar-refractivity contribution in [3.05, 3.63) is 118 Å². The Bertz CT molecular complexity index is 1750. The lowest BCUT2D eigenvalue weighted by molar-refractivity contribution is -0.115. The largest absolute Gasteiger partial charge is 0.497 e. The third-order valence-electron chi connectivity index (χ3n) is 6.63. The van der Waals surface area contributed by atoms with Crippen LogP contribution in [0.1, 0.15) is 35.0 Å². The molecule has 0 aliphatic rings. The van der Waals surface area contributed by atoms with Gasteiger partial charge >= 0.3 is 0 Å². The van der Waals surface area contributed by atoms with Gasteiger partial charge in [0.1, 0.15) is 11.5 Å². The minimum Gasteiger partial charge on any atom is -0.497 e. The number of furan rings is 1. The number of nitrogens with one attached hydrogen (secondary N) is 2. The van der Waals surface area contributed by atoms with Gasteiger partial charge in [-0.05, 0) is 60.5 Å². The van der Waals surface area contributed by atoms with Crippen LogP contribution in [0.25, 0.3) is 10.9 Å². The predicted octanol–water partition coefficient (Wildman–Crippen LogP) is 5.49. The van der Waals surface area contributed by atoms with Crippen molar-refractivity contribution in [3.8, 4) is 5.75 Å². The summed E-state index contributed by atoms with van der Waals surface area (Å²) >= 11 is 1.25. The lowest BCUT2D eigenvalue weighted by Gasteiger charge is -2.18. The van der Waals surface area contributed by atoms with Crippen molar-refractivity contribution in [1.29, 1.82) is 0 Å². The average molecular weight is 583 g/mol. The average Bonchev–Trinajstić information content (AvgIpc) is 3.54. The number of thioether (sulfide) groups is 1. The monoisotopic (exact) mass is 582 g/mol. The molecule has 10 heteroatoms. The molecular formula is C32H30N4O5S. The summed E-state index contributed by atoms with van der Waals surface area (Å²) < 4.78 is 12.1. The molecule has 0 bridgehead atoms. The van der Waals surface area contributed by atoms with Crippen molar-refractivity contribution in [3.63, 3.8) is 0 Å². The number of hydrogen-bond acceptors (Lipinski definition) is 7. The second-order valence-electron chi connectivity index (χ2n) is 9.50. The molecule has 2 amide bonds. The number of ether oxygens (including phenoxy) is 1. The van der Waals surface area contributed by atoms with Gasteiger partial charge in [0.25, 0.3) is 11.5 Å². The Morgan fingerprint density at radius 3 is 2.57 bits per heavy atom. The van der Waals surface area contributed by atoms with Gasteiger partial charge in [-0.1, -0.05) is 49.0 Å². The molecule has 2 aromatic heterocycles. The van der Waals surface area contributed by atoms with Crippen LogP contribution in [0.2, 0.25) is 0 Å². The number of para-hydroxylation sites is 1. The van der Waals surface area contributed by atoms with Crippen LogP contribution < -0.4 is 20.9 Å². The van der Waals surface area contributed by atoms with Gasteiger partial charge in [0.15, 0.2) is 5.16 Å². The maximum Gasteiger partial charge on any atom is 0.262 e. The second kappa shape index (κ2) is 13.2. The molecule has 0 saturated heterocycles. The van der Waals surface area contributed by atoms with Crippen LogP contribution in [0, 0.1) is 0 Å². The Kier molecular flexibility index (Phi) is 9.03. The number of nitrogens with zero attached hydrogens (tertiary/aromatic N) is 2. The van der Waals surface area contributed by atoms with Crippen molar-refractivity contribution >= 4 is 40.2 Å². The Hall–Kier alpha value is -4.83. The third-order valence-corrected chi connectivity index (χ3v) is 7.99. The van der Waals surface area contributed by atoms with Crippen LogP contribution in [-0.2, 0) is 17.9 Å². The molecule has 5 rings (SSSR count). The van der Waals surface area contributed by atoms with Crippen molar-refractivity contribution in [2.45, 2.75) is 36.8 Å². The highest BCUT2D eigenvalue weighted by molar-refractivity contribution is 8.00. The number of rotatable bonds is 11. The fourth-order valence-corrected chi connectivity index (χ4v) is 5.39. The third kappa shape index (κ3) is 6.72. The Labute approximate surface area is 246 Å². The number of fused-ring (bicyclic) bond motifs is 1. The molecular weight excluding hydrogens is 552 g/mol. The zero-order valence-corrected chi connectivity index (χ0v) is 24.0. The van der Waals surface area contributed by atoms with Gasteiger partial charge in [-0.15, -0.1) is 0 Å². The van der Waals surface area contributed by atoms with Gasteiger partial charge < -0.3 is 19.8 Å². The number of methoxy groups -OCH3 is 1. The molecule has 3 aromatic carbocycles. The number of hydrogen-bond donors (Lipinski definition) is 2. The molecule has 0 unspecified atom stereocenters. The molecule has 5 aromatic rings. The second-order valence-corrected chi connectivity index (χ2v) is 10.7. The maximum absolute atomic E-state index is 13.6. The zero-order chi connectivity index (χ0) is 29.5. The summed E-state index contributed by atoms with van der Waals surface area (Å²) in [5.41, 5.74) is 2.28. The number of carbonyl (C=O) groups is 2. The molecule has 214 valence electrons. The van der Waals surface area contributed by atoms with Gasteiger partial charge in [-0.3, -0.25) is 19.0 Å². The number of benzene rings is 3. The summed E-state index contributed by atoms with van der Waals surface area (Å²) in [5, 5.41) is 6.19. The van der Waals surface area contributed by atoms with E-state index in [0.29, 0.717) is 45.2 Å². The molecule has 0 aliphatic carbocycles. The quantitative estimate of drug-likeness (QED) is 0.156. The Morgan fingerprint density at radius 1 is 1.02 bits per heavy atom. The first-order valence-corrected chi connectivity index (χ1v) is 14.3. The van der Waals surface area contributed by atoms with E-state index >= 15 is 0 Å². The van der Waals surface area contributed by atoms with Crippen LogP contribution in [0.4, 0.5) is 5.69 Å². The number of carbonyl (C=O) groups excluding carboxylic acids is 2. The van der Waals surface area contributed by atoms with E-state index in [-0.39, 0.29) is 30.5 Å². The van der Waals surface area contributed by atoms with E-state index in [0.717, 1.165) is 5.56 Å². The summed E-state index contributed by atoms with van der Waals surface area (Å²) in [7, 11) is 1.57. The highest BCUT2D eigenvalue weighted by Gasteiger charge is 2.22. The van der Waals surface area contributed by atoms with Crippen LogP contribution >= 0.6 is 11.8 Å². The van der Waals surface area contributed by atoms with Crippen molar-refractivity contribution in [2.75, 3.05) is 12.4 Å². The minimum absolute atomic E-state index is 0.199. The van der Waals surface area contributed by atoms with Crippen molar-refractivity contribution in [1.82, 2.24) is 14.9 Å². The molecule has 0 saturated carbocycles. The molecule has 2 N–H and O–H groups in total. The molecule has 0 radical (unpaired) electrons. The van der Waals surface area contributed by atoms with Gasteiger partial charge in [0.2, 0.25) is 5.91 Å². The first-order chi connectivity index (χ1) is 20.4. The van der Waals surface area contributed by atoms with Gasteiger partial charge in [-0.25, -0.2) is 4.98 Å². The molecule has 0 spiro atoms. The van der Waals surface area contributed by atoms with Crippen molar-refractivity contribution < 1.29 is 18.7 Å². The lowest BCUT2D eigenvalue weighted by Crippen LogP contribution is -2.28. The normalized spacial score (nSPS) is 11.7. The Balaban J connectivity index is 1.38. The van der Waals surface area contributed by atoms with Crippen LogP contribution in [-0.4, -0.2) is 33.7 Å². The fraction of sp³-hybridized carbons (Fsp3) is 0.188. The van der Waals surface area contributed by atoms with E-state index in [1.165, 1.54) is 11.8 Å². The van der Waals surface area contributed by atoms with E-state index in [9.17, 15) is 14.4 Å². The number of amides is 2. The molecule has 0 aliphatic heterocycles. The first-order valence-electron chi connectivity index (χ1n) is 13.5. The highest BCUT2D eigenvalue weighted by Crippen LogP contribution is 2.27. The van der Waals surface area contributed by atoms with Gasteiger partial charge in [-0.2, -0.15) is 0 Å². The summed E-state index contributed by atoms with van der Waals surface area (Å²) in [5.74, 6) is 0.872. The van der Waals surface area contributed by atoms with E-state index in [2.05, 4.69) is 10.6 Å². The summed E-state index contributed by atoms with van der Waals surface area (Å²) in [6.07, 6.45) is 2.08. The summed E-state index contributed by atoms with van der Waals surface area (Å²) in [4.78, 5) is 44.3. The van der Waals surface area contributed by atoms with E-state index in [1.807, 2.05) is 25.1 Å². The standard InChI is InChI=1S/C32H30N4O5S/c1-3-28(30(38)34-23-8-6-9-24(18-23)40-2)42-32-35-27-12-5-4-11-26(27)31(39)36(32)20-21-13-15-22(16-14-21)29(37)33-19-25-10-7-17-41-25/h4-18,28H,3,19-20H2,1-2H3,(H,33,37)(H,34,38)/t28-/m1/s1. The summed E-state index contributed by atoms with van der Waals surface area (Å²) in [6, 6.07) is 24.9. The lowest BCUT2D eigenvalue weighted by atomic mass is 10.1. The minimum atomic E-state index is -0.504.